The van der Waals surface area contributed by atoms with Crippen molar-refractivity contribution in [3.05, 3.63) is 34.6 Å². The van der Waals surface area contributed by atoms with Gasteiger partial charge in [0.1, 0.15) is 11.6 Å². The van der Waals surface area contributed by atoms with Crippen LogP contribution in [-0.4, -0.2) is 9.97 Å². The highest BCUT2D eigenvalue weighted by atomic mass is 35.5. The summed E-state index contributed by atoms with van der Waals surface area (Å²) < 4.78 is 5.43. The number of hydrogen-bond acceptors (Lipinski definition) is 5. The van der Waals surface area contributed by atoms with Gasteiger partial charge in [-0.15, -0.1) is 0 Å². The molecule has 2 rings (SSSR count). The van der Waals surface area contributed by atoms with Crippen LogP contribution in [0.15, 0.2) is 16.7 Å². The fraction of sp³-hybridized carbons (Fsp3) is 0.273. The number of halogens is 1. The quantitative estimate of drug-likeness (QED) is 0.878. The fourth-order valence-electron chi connectivity index (χ4n) is 1.36. The lowest BCUT2D eigenvalue weighted by atomic mass is 10.4. The number of hydrogen-bond donors (Lipinski definition) is 2. The van der Waals surface area contributed by atoms with Crippen LogP contribution in [0.25, 0.3) is 0 Å². The second-order valence-corrected chi connectivity index (χ2v) is 4.11. The largest absolute Gasteiger partial charge is 0.444 e. The van der Waals surface area contributed by atoms with Gasteiger partial charge in [-0.05, 0) is 19.9 Å². The van der Waals surface area contributed by atoms with Crippen molar-refractivity contribution in [2.45, 2.75) is 20.4 Å². The molecule has 0 aliphatic carbocycles. The molecule has 0 aliphatic heterocycles. The molecule has 0 radical (unpaired) electrons. The van der Waals surface area contributed by atoms with Crippen LogP contribution in [0.1, 0.15) is 17.3 Å². The molecule has 0 saturated carbocycles. The molecule has 2 heterocycles. The Balaban J connectivity index is 2.07. The summed E-state index contributed by atoms with van der Waals surface area (Å²) in [7, 11) is 0. The van der Waals surface area contributed by atoms with Gasteiger partial charge in [0.15, 0.2) is 0 Å². The number of nitrogens with two attached hydrogens (primary N) is 1. The number of aromatic nitrogens is 2. The lowest BCUT2D eigenvalue weighted by molar-refractivity contribution is 0.478. The second-order valence-electron chi connectivity index (χ2n) is 3.70. The molecule has 17 heavy (non-hydrogen) atoms. The minimum absolute atomic E-state index is 0.436. The summed E-state index contributed by atoms with van der Waals surface area (Å²) in [5, 5.41) is 3.52. The molecule has 0 amide bonds. The van der Waals surface area contributed by atoms with Crippen molar-refractivity contribution >= 4 is 23.1 Å². The number of pyridine rings is 1. The van der Waals surface area contributed by atoms with Gasteiger partial charge in [0.05, 0.1) is 29.1 Å². The van der Waals surface area contributed by atoms with Crippen LogP contribution in [0, 0.1) is 13.8 Å². The van der Waals surface area contributed by atoms with Gasteiger partial charge in [0.2, 0.25) is 5.89 Å². The number of anilines is 2. The maximum absolute atomic E-state index is 5.98. The highest BCUT2D eigenvalue weighted by Gasteiger charge is 2.07. The predicted octanol–water partition coefficient (Wildman–Crippen LogP) is 2.53. The average Bonchev–Trinajstić information content (AvgIpc) is 2.57. The Bertz CT molecular complexity index is 519. The maximum Gasteiger partial charge on any atom is 0.213 e. The molecule has 6 heteroatoms. The van der Waals surface area contributed by atoms with E-state index in [1.54, 1.807) is 12.3 Å². The highest BCUT2D eigenvalue weighted by Crippen LogP contribution is 2.21. The highest BCUT2D eigenvalue weighted by molar-refractivity contribution is 6.33. The molecule has 0 spiro atoms. The van der Waals surface area contributed by atoms with Crippen LogP contribution in [0.5, 0.6) is 0 Å². The van der Waals surface area contributed by atoms with Crippen molar-refractivity contribution in [2.24, 2.45) is 0 Å². The smallest absolute Gasteiger partial charge is 0.213 e. The monoisotopic (exact) mass is 252 g/mol. The molecule has 0 unspecified atom stereocenters. The average molecular weight is 253 g/mol. The van der Waals surface area contributed by atoms with Gasteiger partial charge < -0.3 is 15.5 Å². The lowest BCUT2D eigenvalue weighted by Crippen LogP contribution is -2.02. The van der Waals surface area contributed by atoms with E-state index < -0.39 is 0 Å². The molecule has 0 atom stereocenters. The van der Waals surface area contributed by atoms with Crippen molar-refractivity contribution in [1.29, 1.82) is 0 Å². The Morgan fingerprint density at radius 1 is 1.47 bits per heavy atom. The molecular weight excluding hydrogens is 240 g/mol. The topological polar surface area (TPSA) is 77.0 Å². The molecule has 0 aliphatic rings. The summed E-state index contributed by atoms with van der Waals surface area (Å²) in [6, 6.07) is 1.64. The summed E-state index contributed by atoms with van der Waals surface area (Å²) in [6.07, 6.45) is 1.54. The zero-order valence-electron chi connectivity index (χ0n) is 9.62. The maximum atomic E-state index is 5.98. The van der Waals surface area contributed by atoms with Crippen molar-refractivity contribution in [1.82, 2.24) is 9.97 Å². The first-order chi connectivity index (χ1) is 8.06. The van der Waals surface area contributed by atoms with E-state index in [1.165, 1.54) is 0 Å². The zero-order chi connectivity index (χ0) is 12.4. The van der Waals surface area contributed by atoms with E-state index in [9.17, 15) is 0 Å². The summed E-state index contributed by atoms with van der Waals surface area (Å²) in [6.45, 7) is 4.21. The molecule has 3 N–H and O–H groups in total. The molecule has 0 bridgehead atoms. The minimum Gasteiger partial charge on any atom is -0.444 e. The predicted molar refractivity (Wildman–Crippen MR) is 67.0 cm³/mol. The van der Waals surface area contributed by atoms with E-state index >= 15 is 0 Å². The number of nitrogens with zero attached hydrogens (tertiary/aromatic N) is 2. The first-order valence-corrected chi connectivity index (χ1v) is 5.52. The number of rotatable bonds is 3. The van der Waals surface area contributed by atoms with Crippen molar-refractivity contribution in [2.75, 3.05) is 11.1 Å². The van der Waals surface area contributed by atoms with Crippen molar-refractivity contribution < 1.29 is 4.42 Å². The van der Waals surface area contributed by atoms with Gasteiger partial charge >= 0.3 is 0 Å². The molecule has 2 aromatic rings. The third kappa shape index (κ3) is 2.68. The van der Waals surface area contributed by atoms with Crippen LogP contribution >= 0.6 is 11.6 Å². The molecule has 90 valence electrons. The molecule has 2 aromatic heterocycles. The van der Waals surface area contributed by atoms with Crippen molar-refractivity contribution in [3.8, 4) is 0 Å². The van der Waals surface area contributed by atoms with E-state index in [2.05, 4.69) is 15.3 Å². The van der Waals surface area contributed by atoms with Crippen LogP contribution < -0.4 is 11.1 Å². The van der Waals surface area contributed by atoms with Crippen LogP contribution in [0.3, 0.4) is 0 Å². The number of oxazole rings is 1. The van der Waals surface area contributed by atoms with Gasteiger partial charge in [-0.3, -0.25) is 0 Å². The van der Waals surface area contributed by atoms with E-state index in [0.29, 0.717) is 29.0 Å². The van der Waals surface area contributed by atoms with Gasteiger partial charge in [0.25, 0.3) is 0 Å². The standard InChI is InChI=1S/C11H13ClN4O/c1-6-7(2)17-10(16-6)5-15-11-9(12)3-8(13)4-14-11/h3-4H,5,13H2,1-2H3,(H,14,15). The van der Waals surface area contributed by atoms with Gasteiger partial charge in [-0.1, -0.05) is 11.6 Å². The number of aryl methyl sites for hydroxylation is 2. The summed E-state index contributed by atoms with van der Waals surface area (Å²) in [4.78, 5) is 8.33. The Kier molecular flexibility index (Phi) is 3.19. The Morgan fingerprint density at radius 3 is 2.82 bits per heavy atom. The molecule has 0 aromatic carbocycles. The van der Waals surface area contributed by atoms with E-state index in [1.807, 2.05) is 13.8 Å². The van der Waals surface area contributed by atoms with Crippen LogP contribution in [0.2, 0.25) is 5.02 Å². The SMILES string of the molecule is Cc1nc(CNc2ncc(N)cc2Cl)oc1C. The normalized spacial score (nSPS) is 10.5. The van der Waals surface area contributed by atoms with E-state index in [0.717, 1.165) is 11.5 Å². The fourth-order valence-corrected chi connectivity index (χ4v) is 1.60. The summed E-state index contributed by atoms with van der Waals surface area (Å²) >= 11 is 5.98. The third-order valence-corrected chi connectivity index (χ3v) is 2.63. The van der Waals surface area contributed by atoms with Gasteiger partial charge in [-0.2, -0.15) is 0 Å². The van der Waals surface area contributed by atoms with E-state index in [4.69, 9.17) is 21.8 Å². The lowest BCUT2D eigenvalue weighted by Gasteiger charge is -2.05. The Hall–Kier alpha value is -1.75. The third-order valence-electron chi connectivity index (χ3n) is 2.34. The Morgan fingerprint density at radius 2 is 2.24 bits per heavy atom. The van der Waals surface area contributed by atoms with E-state index in [-0.39, 0.29) is 0 Å². The molecule has 5 nitrogen and oxygen atoms in total. The van der Waals surface area contributed by atoms with Gasteiger partial charge in [-0.25, -0.2) is 9.97 Å². The first kappa shape index (κ1) is 11.7. The molecule has 0 saturated heterocycles. The number of nitrogen functional groups attached to an aromatic ring is 1. The molecular formula is C11H13ClN4O. The number of nitrogens with one attached hydrogen (secondary N) is 1. The second kappa shape index (κ2) is 4.63. The first-order valence-electron chi connectivity index (χ1n) is 5.14. The van der Waals surface area contributed by atoms with Gasteiger partial charge in [0, 0.05) is 0 Å². The summed E-state index contributed by atoms with van der Waals surface area (Å²) in [5.74, 6) is 1.99. The summed E-state index contributed by atoms with van der Waals surface area (Å²) in [5.41, 5.74) is 6.97. The zero-order valence-corrected chi connectivity index (χ0v) is 10.4. The van der Waals surface area contributed by atoms with Crippen LogP contribution in [-0.2, 0) is 6.54 Å². The molecule has 0 fully saturated rings. The minimum atomic E-state index is 0.436. The van der Waals surface area contributed by atoms with Crippen LogP contribution in [0.4, 0.5) is 11.5 Å². The van der Waals surface area contributed by atoms with Crippen molar-refractivity contribution in [3.63, 3.8) is 0 Å². The Labute approximate surface area is 104 Å².